The number of hydrogen-bond acceptors (Lipinski definition) is 2. The third-order valence-electron chi connectivity index (χ3n) is 5.26. The van der Waals surface area contributed by atoms with E-state index in [1.165, 1.54) is 12.6 Å². The minimum absolute atomic E-state index is 0.00841. The van der Waals surface area contributed by atoms with E-state index in [1.807, 2.05) is 23.1 Å². The molecular formula is C22H22ClN3O2. The number of nitrogens with one attached hydrogen (secondary N) is 2. The lowest BCUT2D eigenvalue weighted by Crippen LogP contribution is -2.38. The van der Waals surface area contributed by atoms with Gasteiger partial charge in [0, 0.05) is 58.8 Å². The number of nitrogens with zero attached hydrogens (tertiary/aromatic N) is 1. The number of carbonyl (C=O) groups excluding carboxylic acids is 2. The highest BCUT2D eigenvalue weighted by molar-refractivity contribution is 6.31. The molecule has 144 valence electrons. The Hall–Kier alpha value is -2.79. The number of rotatable bonds is 3. The highest BCUT2D eigenvalue weighted by Gasteiger charge is 2.25. The molecule has 2 N–H and O–H groups in total. The average Bonchev–Trinajstić information content (AvgIpc) is 3.10. The Bertz CT molecular complexity index is 1040. The zero-order valence-electron chi connectivity index (χ0n) is 15.7. The highest BCUT2D eigenvalue weighted by Crippen LogP contribution is 2.31. The van der Waals surface area contributed by atoms with Crippen molar-refractivity contribution in [1.29, 1.82) is 0 Å². The van der Waals surface area contributed by atoms with E-state index in [1.54, 1.807) is 24.3 Å². The highest BCUT2D eigenvalue weighted by atomic mass is 35.5. The van der Waals surface area contributed by atoms with Crippen LogP contribution in [-0.2, 0) is 4.79 Å². The van der Waals surface area contributed by atoms with Crippen LogP contribution in [0.15, 0.2) is 48.5 Å². The minimum atomic E-state index is -0.148. The van der Waals surface area contributed by atoms with Gasteiger partial charge in [-0.2, -0.15) is 0 Å². The fourth-order valence-electron chi connectivity index (χ4n) is 3.86. The van der Waals surface area contributed by atoms with E-state index < -0.39 is 0 Å². The third-order valence-corrected chi connectivity index (χ3v) is 5.49. The molecule has 5 nitrogen and oxygen atoms in total. The summed E-state index contributed by atoms with van der Waals surface area (Å²) in [6.07, 6.45) is 1.83. The first kappa shape index (κ1) is 18.6. The number of piperidine rings is 1. The Balaban J connectivity index is 1.43. The molecule has 1 aromatic heterocycles. The maximum Gasteiger partial charge on any atom is 0.253 e. The molecule has 0 unspecified atom stereocenters. The number of aromatic nitrogens is 1. The second-order valence-corrected chi connectivity index (χ2v) is 7.72. The maximum atomic E-state index is 12.9. The summed E-state index contributed by atoms with van der Waals surface area (Å²) in [7, 11) is 0. The molecule has 1 fully saturated rings. The van der Waals surface area contributed by atoms with Crippen LogP contribution in [0, 0.1) is 0 Å². The molecule has 4 rings (SSSR count). The van der Waals surface area contributed by atoms with Crippen LogP contribution < -0.4 is 5.32 Å². The van der Waals surface area contributed by atoms with Crippen molar-refractivity contribution in [2.75, 3.05) is 18.4 Å². The summed E-state index contributed by atoms with van der Waals surface area (Å²) < 4.78 is 0. The Labute approximate surface area is 168 Å². The molecule has 0 saturated carbocycles. The second-order valence-electron chi connectivity index (χ2n) is 7.28. The van der Waals surface area contributed by atoms with E-state index in [-0.39, 0.29) is 11.8 Å². The molecule has 0 bridgehead atoms. The summed E-state index contributed by atoms with van der Waals surface area (Å²) in [4.78, 5) is 29.5. The van der Waals surface area contributed by atoms with Crippen molar-refractivity contribution < 1.29 is 9.59 Å². The molecule has 2 aromatic carbocycles. The van der Waals surface area contributed by atoms with E-state index in [9.17, 15) is 9.59 Å². The Kier molecular flexibility index (Phi) is 5.09. The molecule has 0 atom stereocenters. The smallest absolute Gasteiger partial charge is 0.253 e. The van der Waals surface area contributed by atoms with E-state index in [0.29, 0.717) is 30.3 Å². The molecule has 1 saturated heterocycles. The van der Waals surface area contributed by atoms with Crippen molar-refractivity contribution in [1.82, 2.24) is 9.88 Å². The lowest BCUT2D eigenvalue weighted by Gasteiger charge is -2.31. The first-order chi connectivity index (χ1) is 13.5. The van der Waals surface area contributed by atoms with Gasteiger partial charge >= 0.3 is 0 Å². The topological polar surface area (TPSA) is 65.2 Å². The van der Waals surface area contributed by atoms with Gasteiger partial charge in [-0.25, -0.2) is 0 Å². The maximum absolute atomic E-state index is 12.9. The standard InChI is InChI=1S/C22H22ClN3O2/c1-14(27)24-19-4-2-3-16(12-19)22(28)26-9-7-15(8-10-26)21-13-17-11-18(23)5-6-20(17)25-21/h2-6,11-13,15,25H,7-10H2,1H3,(H,24,27). The normalized spacial score (nSPS) is 15.0. The predicted octanol–water partition coefficient (Wildman–Crippen LogP) is 4.80. The number of fused-ring (bicyclic) bond motifs is 1. The van der Waals surface area contributed by atoms with E-state index in [4.69, 9.17) is 11.6 Å². The monoisotopic (exact) mass is 395 g/mol. The first-order valence-electron chi connectivity index (χ1n) is 9.45. The first-order valence-corrected chi connectivity index (χ1v) is 9.82. The SMILES string of the molecule is CC(=O)Nc1cccc(C(=O)N2CCC(c3cc4cc(Cl)ccc4[nH]3)CC2)c1. The van der Waals surface area contributed by atoms with Crippen LogP contribution in [-0.4, -0.2) is 34.8 Å². The Morgan fingerprint density at radius 2 is 1.89 bits per heavy atom. The van der Waals surface area contributed by atoms with Gasteiger partial charge < -0.3 is 15.2 Å². The lowest BCUT2D eigenvalue weighted by atomic mass is 9.93. The van der Waals surface area contributed by atoms with Crippen LogP contribution in [0.25, 0.3) is 10.9 Å². The van der Waals surface area contributed by atoms with Crippen molar-refractivity contribution in [3.05, 3.63) is 64.8 Å². The van der Waals surface area contributed by atoms with Gasteiger partial charge in [-0.1, -0.05) is 17.7 Å². The molecule has 0 aliphatic carbocycles. The zero-order valence-corrected chi connectivity index (χ0v) is 16.4. The molecule has 1 aliphatic rings. The summed E-state index contributed by atoms with van der Waals surface area (Å²) in [6, 6.07) is 15.1. The summed E-state index contributed by atoms with van der Waals surface area (Å²) in [5.41, 5.74) is 3.54. The van der Waals surface area contributed by atoms with E-state index in [0.717, 1.165) is 28.8 Å². The van der Waals surface area contributed by atoms with Gasteiger partial charge in [-0.3, -0.25) is 9.59 Å². The number of halogens is 1. The summed E-state index contributed by atoms with van der Waals surface area (Å²) >= 11 is 6.08. The van der Waals surface area contributed by atoms with E-state index in [2.05, 4.69) is 16.4 Å². The van der Waals surface area contributed by atoms with Gasteiger partial charge in [0.25, 0.3) is 5.91 Å². The fraction of sp³-hybridized carbons (Fsp3) is 0.273. The lowest BCUT2D eigenvalue weighted by molar-refractivity contribution is -0.114. The van der Waals surface area contributed by atoms with Crippen LogP contribution in [0.4, 0.5) is 5.69 Å². The number of carbonyl (C=O) groups is 2. The van der Waals surface area contributed by atoms with Gasteiger partial charge in [0.05, 0.1) is 0 Å². The molecule has 0 radical (unpaired) electrons. The molecular weight excluding hydrogens is 374 g/mol. The fourth-order valence-corrected chi connectivity index (χ4v) is 4.04. The quantitative estimate of drug-likeness (QED) is 0.669. The largest absolute Gasteiger partial charge is 0.358 e. The molecule has 2 heterocycles. The van der Waals surface area contributed by atoms with E-state index >= 15 is 0 Å². The summed E-state index contributed by atoms with van der Waals surface area (Å²) in [6.45, 7) is 2.88. The second kappa shape index (κ2) is 7.68. The predicted molar refractivity (Wildman–Crippen MR) is 112 cm³/mol. The molecule has 3 aromatic rings. The molecule has 0 spiro atoms. The average molecular weight is 396 g/mol. The number of H-pyrrole nitrogens is 1. The molecule has 2 amide bonds. The van der Waals surface area contributed by atoms with Crippen LogP contribution in [0.2, 0.25) is 5.02 Å². The van der Waals surface area contributed by atoms with Crippen LogP contribution in [0.1, 0.15) is 41.7 Å². The van der Waals surface area contributed by atoms with Crippen molar-refractivity contribution in [2.45, 2.75) is 25.7 Å². The minimum Gasteiger partial charge on any atom is -0.358 e. The molecule has 28 heavy (non-hydrogen) atoms. The van der Waals surface area contributed by atoms with Gasteiger partial charge in [-0.05, 0) is 55.3 Å². The van der Waals surface area contributed by atoms with Crippen molar-refractivity contribution in [3.63, 3.8) is 0 Å². The molecule has 6 heteroatoms. The number of benzene rings is 2. The number of aromatic amines is 1. The van der Waals surface area contributed by atoms with Crippen molar-refractivity contribution in [2.24, 2.45) is 0 Å². The van der Waals surface area contributed by atoms with Crippen molar-refractivity contribution in [3.8, 4) is 0 Å². The molecule has 1 aliphatic heterocycles. The van der Waals surface area contributed by atoms with Crippen molar-refractivity contribution >= 4 is 40.0 Å². The van der Waals surface area contributed by atoms with Crippen LogP contribution in [0.3, 0.4) is 0 Å². The number of likely N-dealkylation sites (tertiary alicyclic amines) is 1. The van der Waals surface area contributed by atoms with Gasteiger partial charge in [-0.15, -0.1) is 0 Å². The number of anilines is 1. The zero-order chi connectivity index (χ0) is 19.7. The Morgan fingerprint density at radius 1 is 1.11 bits per heavy atom. The number of hydrogen-bond donors (Lipinski definition) is 2. The number of amides is 2. The third kappa shape index (κ3) is 3.90. The summed E-state index contributed by atoms with van der Waals surface area (Å²) in [5, 5.41) is 4.58. The Morgan fingerprint density at radius 3 is 2.64 bits per heavy atom. The van der Waals surface area contributed by atoms with Crippen LogP contribution in [0.5, 0.6) is 0 Å². The van der Waals surface area contributed by atoms with Gasteiger partial charge in [0.15, 0.2) is 0 Å². The van der Waals surface area contributed by atoms with Gasteiger partial charge in [0.2, 0.25) is 5.91 Å². The van der Waals surface area contributed by atoms with Crippen LogP contribution >= 0.6 is 11.6 Å². The summed E-state index contributed by atoms with van der Waals surface area (Å²) in [5.74, 6) is 0.264. The van der Waals surface area contributed by atoms with Gasteiger partial charge in [0.1, 0.15) is 0 Å².